The molecular formula is C15H17NO4. The summed E-state index contributed by atoms with van der Waals surface area (Å²) in [5.74, 6) is -2.53. The number of carbonyl (C=O) groups excluding carboxylic acids is 2. The number of carboxylic acid groups (broad SMARTS) is 1. The molecule has 1 N–H and O–H groups in total. The van der Waals surface area contributed by atoms with Gasteiger partial charge in [-0.15, -0.1) is 0 Å². The van der Waals surface area contributed by atoms with Crippen LogP contribution in [0, 0.1) is 19.8 Å². The molecule has 1 unspecified atom stereocenters. The third kappa shape index (κ3) is 1.90. The minimum Gasteiger partial charge on any atom is -0.480 e. The summed E-state index contributed by atoms with van der Waals surface area (Å²) in [5, 5.41) is 9.31. The van der Waals surface area contributed by atoms with Crippen LogP contribution >= 0.6 is 0 Å². The quantitative estimate of drug-likeness (QED) is 0.856. The van der Waals surface area contributed by atoms with Crippen LogP contribution in [0.25, 0.3) is 0 Å². The predicted octanol–water partition coefficient (Wildman–Crippen LogP) is 2.01. The maximum absolute atomic E-state index is 12.5. The van der Waals surface area contributed by atoms with E-state index in [-0.39, 0.29) is 5.92 Å². The lowest BCUT2D eigenvalue weighted by atomic mass is 9.99. The number of nitrogens with zero attached hydrogens (tertiary/aromatic N) is 1. The second kappa shape index (κ2) is 4.74. The van der Waals surface area contributed by atoms with E-state index in [4.69, 9.17) is 0 Å². The molecule has 20 heavy (non-hydrogen) atoms. The third-order valence-corrected chi connectivity index (χ3v) is 3.65. The van der Waals surface area contributed by atoms with Crippen LogP contribution in [0.2, 0.25) is 0 Å². The van der Waals surface area contributed by atoms with Crippen molar-refractivity contribution < 1.29 is 19.5 Å². The summed E-state index contributed by atoms with van der Waals surface area (Å²) in [7, 11) is 0. The molecule has 1 aromatic carbocycles. The number of fused-ring (bicyclic) bond motifs is 1. The van der Waals surface area contributed by atoms with E-state index in [1.54, 1.807) is 39.8 Å². The van der Waals surface area contributed by atoms with E-state index in [1.165, 1.54) is 0 Å². The Balaban J connectivity index is 2.60. The Bertz CT molecular complexity index is 578. The van der Waals surface area contributed by atoms with Crippen molar-refractivity contribution in [2.24, 2.45) is 5.92 Å². The molecule has 0 bridgehead atoms. The summed E-state index contributed by atoms with van der Waals surface area (Å²) in [6.45, 7) is 6.86. The molecule has 0 aliphatic carbocycles. The van der Waals surface area contributed by atoms with Crippen LogP contribution in [0.5, 0.6) is 0 Å². The maximum atomic E-state index is 12.5. The Labute approximate surface area is 117 Å². The Morgan fingerprint density at radius 1 is 1.05 bits per heavy atom. The fourth-order valence-electron chi connectivity index (χ4n) is 2.64. The molecule has 106 valence electrons. The molecule has 0 aromatic heterocycles. The van der Waals surface area contributed by atoms with Crippen molar-refractivity contribution in [1.29, 1.82) is 0 Å². The Hall–Kier alpha value is -2.17. The zero-order valence-electron chi connectivity index (χ0n) is 11.9. The maximum Gasteiger partial charge on any atom is 0.327 e. The molecule has 5 heteroatoms. The van der Waals surface area contributed by atoms with Crippen molar-refractivity contribution in [3.63, 3.8) is 0 Å². The minimum absolute atomic E-state index is 0.335. The monoisotopic (exact) mass is 275 g/mol. The second-order valence-electron chi connectivity index (χ2n) is 5.46. The first kappa shape index (κ1) is 14.2. The molecule has 2 rings (SSSR count). The first-order valence-corrected chi connectivity index (χ1v) is 6.48. The van der Waals surface area contributed by atoms with Crippen molar-refractivity contribution in [1.82, 2.24) is 4.90 Å². The second-order valence-corrected chi connectivity index (χ2v) is 5.46. The van der Waals surface area contributed by atoms with Crippen LogP contribution < -0.4 is 0 Å². The molecule has 1 aromatic rings. The number of hydrogen-bond acceptors (Lipinski definition) is 3. The van der Waals surface area contributed by atoms with Crippen LogP contribution in [0.4, 0.5) is 0 Å². The average Bonchev–Trinajstić information content (AvgIpc) is 2.59. The lowest BCUT2D eigenvalue weighted by Gasteiger charge is -2.25. The van der Waals surface area contributed by atoms with E-state index in [9.17, 15) is 19.5 Å². The summed E-state index contributed by atoms with van der Waals surface area (Å²) >= 11 is 0. The van der Waals surface area contributed by atoms with Gasteiger partial charge < -0.3 is 5.11 Å². The van der Waals surface area contributed by atoms with Gasteiger partial charge in [-0.1, -0.05) is 26.0 Å². The minimum atomic E-state index is -1.16. The van der Waals surface area contributed by atoms with E-state index >= 15 is 0 Å². The largest absolute Gasteiger partial charge is 0.480 e. The highest BCUT2D eigenvalue weighted by molar-refractivity contribution is 6.23. The number of rotatable bonds is 3. The van der Waals surface area contributed by atoms with Crippen LogP contribution in [-0.2, 0) is 4.79 Å². The van der Waals surface area contributed by atoms with Crippen molar-refractivity contribution in [2.45, 2.75) is 33.7 Å². The van der Waals surface area contributed by atoms with Crippen molar-refractivity contribution in [2.75, 3.05) is 0 Å². The SMILES string of the molecule is Cc1ccc(C)c2c1C(=O)N(C(C(=O)O)C(C)C)C2=O. The molecule has 1 atom stereocenters. The van der Waals surface area contributed by atoms with Gasteiger partial charge in [-0.2, -0.15) is 0 Å². The lowest BCUT2D eigenvalue weighted by molar-refractivity contribution is -0.143. The predicted molar refractivity (Wildman–Crippen MR) is 72.7 cm³/mol. The van der Waals surface area contributed by atoms with Gasteiger partial charge in [-0.3, -0.25) is 14.5 Å². The molecule has 2 amide bonds. The highest BCUT2D eigenvalue weighted by Crippen LogP contribution is 2.31. The van der Waals surface area contributed by atoms with Crippen LogP contribution in [-0.4, -0.2) is 33.8 Å². The van der Waals surface area contributed by atoms with Gasteiger partial charge in [0, 0.05) is 0 Å². The number of amides is 2. The summed E-state index contributed by atoms with van der Waals surface area (Å²) in [5.41, 5.74) is 2.06. The third-order valence-electron chi connectivity index (χ3n) is 3.65. The fraction of sp³-hybridized carbons (Fsp3) is 0.400. The van der Waals surface area contributed by atoms with E-state index < -0.39 is 23.8 Å². The van der Waals surface area contributed by atoms with Crippen molar-refractivity contribution >= 4 is 17.8 Å². The molecule has 5 nitrogen and oxygen atoms in total. The number of aliphatic carboxylic acids is 1. The summed E-state index contributed by atoms with van der Waals surface area (Å²) in [4.78, 5) is 37.2. The van der Waals surface area contributed by atoms with E-state index in [1.807, 2.05) is 0 Å². The fourth-order valence-corrected chi connectivity index (χ4v) is 2.64. The molecule has 1 heterocycles. The lowest BCUT2D eigenvalue weighted by Crippen LogP contribution is -2.48. The number of carboxylic acids is 1. The van der Waals surface area contributed by atoms with Crippen molar-refractivity contribution in [3.05, 3.63) is 34.4 Å². The molecule has 0 spiro atoms. The zero-order chi connectivity index (χ0) is 15.2. The van der Waals surface area contributed by atoms with Gasteiger partial charge in [0.1, 0.15) is 6.04 Å². The number of hydrogen-bond donors (Lipinski definition) is 1. The standard InChI is InChI=1S/C15H17NO4/c1-7(2)12(15(19)20)16-13(17)10-8(3)5-6-9(4)11(10)14(16)18/h5-7,12H,1-4H3,(H,19,20). The van der Waals surface area contributed by atoms with Crippen molar-refractivity contribution in [3.8, 4) is 0 Å². The smallest absolute Gasteiger partial charge is 0.327 e. The molecular weight excluding hydrogens is 258 g/mol. The highest BCUT2D eigenvalue weighted by Gasteiger charge is 2.45. The normalized spacial score (nSPS) is 15.8. The molecule has 0 saturated carbocycles. The number of aryl methyl sites for hydroxylation is 2. The van der Waals surface area contributed by atoms with E-state index in [0.717, 1.165) is 4.90 Å². The van der Waals surface area contributed by atoms with Crippen LogP contribution in [0.3, 0.4) is 0 Å². The number of imide groups is 1. The molecule has 1 aliphatic rings. The topological polar surface area (TPSA) is 74.7 Å². The molecule has 0 saturated heterocycles. The van der Waals surface area contributed by atoms with Gasteiger partial charge in [0.05, 0.1) is 11.1 Å². The van der Waals surface area contributed by atoms with Gasteiger partial charge in [-0.05, 0) is 30.9 Å². The Morgan fingerprint density at radius 3 is 1.75 bits per heavy atom. The van der Waals surface area contributed by atoms with Crippen LogP contribution in [0.1, 0.15) is 45.7 Å². The van der Waals surface area contributed by atoms with Gasteiger partial charge in [0.2, 0.25) is 0 Å². The average molecular weight is 275 g/mol. The molecule has 1 aliphatic heterocycles. The molecule has 0 fully saturated rings. The van der Waals surface area contributed by atoms with E-state index in [2.05, 4.69) is 0 Å². The summed E-state index contributed by atoms with van der Waals surface area (Å²) in [6, 6.07) is 2.41. The number of benzene rings is 1. The highest BCUT2D eigenvalue weighted by atomic mass is 16.4. The van der Waals surface area contributed by atoms with Gasteiger partial charge in [0.25, 0.3) is 11.8 Å². The molecule has 0 radical (unpaired) electrons. The van der Waals surface area contributed by atoms with Gasteiger partial charge in [0.15, 0.2) is 0 Å². The van der Waals surface area contributed by atoms with E-state index in [0.29, 0.717) is 22.3 Å². The summed E-state index contributed by atoms with van der Waals surface area (Å²) < 4.78 is 0. The number of carbonyl (C=O) groups is 3. The first-order chi connectivity index (χ1) is 9.27. The van der Waals surface area contributed by atoms with Gasteiger partial charge >= 0.3 is 5.97 Å². The van der Waals surface area contributed by atoms with Crippen LogP contribution in [0.15, 0.2) is 12.1 Å². The summed E-state index contributed by atoms with van der Waals surface area (Å²) in [6.07, 6.45) is 0. The first-order valence-electron chi connectivity index (χ1n) is 6.48. The zero-order valence-corrected chi connectivity index (χ0v) is 11.9. The Morgan fingerprint density at radius 2 is 1.45 bits per heavy atom. The van der Waals surface area contributed by atoms with Gasteiger partial charge in [-0.25, -0.2) is 4.79 Å². The Kier molecular flexibility index (Phi) is 3.38.